The summed E-state index contributed by atoms with van der Waals surface area (Å²) in [5, 5.41) is 34.5. The maximum atomic E-state index is 10.6. The molecule has 1 radical (unpaired) electrons. The molecular weight excluding hydrogens is 387 g/mol. The van der Waals surface area contributed by atoms with Crippen LogP contribution in [0.5, 0.6) is 0 Å². The van der Waals surface area contributed by atoms with Gasteiger partial charge in [0.25, 0.3) is 0 Å². The maximum Gasteiger partial charge on any atom is 0.317 e. The molecule has 0 amide bonds. The molecule has 0 aromatic heterocycles. The first-order chi connectivity index (χ1) is 9.20. The summed E-state index contributed by atoms with van der Waals surface area (Å²) in [5.41, 5.74) is 0. The maximum absolute atomic E-state index is 10.6. The van der Waals surface area contributed by atoms with Gasteiger partial charge in [-0.2, -0.15) is 0 Å². The van der Waals surface area contributed by atoms with E-state index in [1.165, 1.54) is 0 Å². The Hall–Kier alpha value is -0.761. The molecule has 0 saturated heterocycles. The zero-order valence-corrected chi connectivity index (χ0v) is 16.0. The molecular formula is C10H20FeN2NaO10. The standard InChI is InChI=1S/C10H16N2O8.Fe.Na.2H2O/c13-7(14)3-11(4-8(15)16)1-2-12(5-9(17)18)6-10(19)20;;;;/h1-6H2,(H,13,14)(H,15,16)(H,17,18)(H,19,20);;;2*1H2. The Labute approximate surface area is 169 Å². The summed E-state index contributed by atoms with van der Waals surface area (Å²) >= 11 is 0. The Morgan fingerprint density at radius 1 is 0.583 bits per heavy atom. The van der Waals surface area contributed by atoms with E-state index in [0.717, 1.165) is 9.80 Å². The molecule has 8 N–H and O–H groups in total. The molecule has 0 unspecified atom stereocenters. The Kier molecular flexibility index (Phi) is 26.7. The van der Waals surface area contributed by atoms with Gasteiger partial charge in [-0.1, -0.05) is 0 Å². The van der Waals surface area contributed by atoms with Crippen LogP contribution in [-0.2, 0) is 36.2 Å². The van der Waals surface area contributed by atoms with Crippen LogP contribution in [-0.4, -0.2) is 134 Å². The van der Waals surface area contributed by atoms with Gasteiger partial charge in [-0.15, -0.1) is 0 Å². The molecule has 0 spiro atoms. The summed E-state index contributed by atoms with van der Waals surface area (Å²) in [5.74, 6) is -4.91. The topological polar surface area (TPSA) is 219 Å². The van der Waals surface area contributed by atoms with E-state index in [1.807, 2.05) is 0 Å². The van der Waals surface area contributed by atoms with Crippen molar-refractivity contribution in [2.75, 3.05) is 39.3 Å². The molecule has 0 atom stereocenters. The second-order valence-corrected chi connectivity index (χ2v) is 4.00. The molecule has 0 bridgehead atoms. The fourth-order valence-corrected chi connectivity index (χ4v) is 1.48. The first kappa shape index (κ1) is 34.6. The van der Waals surface area contributed by atoms with Crippen molar-refractivity contribution in [2.24, 2.45) is 0 Å². The van der Waals surface area contributed by atoms with Crippen LogP contribution in [0.2, 0.25) is 0 Å². The second kappa shape index (κ2) is 18.6. The van der Waals surface area contributed by atoms with E-state index in [2.05, 4.69) is 0 Å². The van der Waals surface area contributed by atoms with Crippen molar-refractivity contribution in [2.45, 2.75) is 0 Å². The van der Waals surface area contributed by atoms with Crippen LogP contribution in [0.15, 0.2) is 0 Å². The average Bonchev–Trinajstić information content (AvgIpc) is 2.22. The summed E-state index contributed by atoms with van der Waals surface area (Å²) in [6.07, 6.45) is 0. The van der Waals surface area contributed by atoms with E-state index >= 15 is 0 Å². The SMILES string of the molecule is O.O.O=C(O)CN(CCN(CC(=O)O)CC(=O)O)CC(=O)O.[Fe].[Na]. The molecule has 0 saturated carbocycles. The minimum atomic E-state index is -1.23. The van der Waals surface area contributed by atoms with E-state index in [1.54, 1.807) is 0 Å². The van der Waals surface area contributed by atoms with Gasteiger partial charge >= 0.3 is 23.9 Å². The zero-order valence-electron chi connectivity index (χ0n) is 12.9. The Bertz CT molecular complexity index is 330. The number of hydrogen-bond acceptors (Lipinski definition) is 6. The van der Waals surface area contributed by atoms with Gasteiger partial charge in [0.2, 0.25) is 0 Å². The molecule has 0 aliphatic heterocycles. The van der Waals surface area contributed by atoms with Gasteiger partial charge < -0.3 is 31.4 Å². The van der Waals surface area contributed by atoms with Gasteiger partial charge in [0.1, 0.15) is 0 Å². The third kappa shape index (κ3) is 21.2. The summed E-state index contributed by atoms with van der Waals surface area (Å²) in [4.78, 5) is 44.4. The predicted molar refractivity (Wildman–Crippen MR) is 76.4 cm³/mol. The molecule has 0 aliphatic rings. The molecule has 14 heteroatoms. The fraction of sp³-hybridized carbons (Fsp3) is 0.600. The molecule has 0 fully saturated rings. The van der Waals surface area contributed by atoms with Crippen molar-refractivity contribution >= 4 is 53.4 Å². The first-order valence-corrected chi connectivity index (χ1v) is 5.52. The van der Waals surface area contributed by atoms with E-state index in [4.69, 9.17) is 20.4 Å². The summed E-state index contributed by atoms with van der Waals surface area (Å²) in [7, 11) is 0. The van der Waals surface area contributed by atoms with Gasteiger partial charge in [0, 0.05) is 59.7 Å². The van der Waals surface area contributed by atoms with Crippen LogP contribution in [0, 0.1) is 0 Å². The number of aliphatic carboxylic acids is 4. The minimum absolute atomic E-state index is 0. The smallest absolute Gasteiger partial charge is 0.317 e. The van der Waals surface area contributed by atoms with Crippen LogP contribution in [0.4, 0.5) is 0 Å². The molecule has 0 aromatic rings. The van der Waals surface area contributed by atoms with E-state index in [-0.39, 0.29) is 70.7 Å². The van der Waals surface area contributed by atoms with Gasteiger partial charge in [-0.3, -0.25) is 29.0 Å². The third-order valence-electron chi connectivity index (χ3n) is 2.17. The van der Waals surface area contributed by atoms with Crippen molar-refractivity contribution in [1.82, 2.24) is 9.80 Å². The Morgan fingerprint density at radius 3 is 0.875 bits per heavy atom. The van der Waals surface area contributed by atoms with Crippen molar-refractivity contribution in [1.29, 1.82) is 0 Å². The van der Waals surface area contributed by atoms with Gasteiger partial charge in [-0.25, -0.2) is 0 Å². The fourth-order valence-electron chi connectivity index (χ4n) is 1.48. The van der Waals surface area contributed by atoms with Crippen LogP contribution in [0.1, 0.15) is 0 Å². The van der Waals surface area contributed by atoms with Crippen molar-refractivity contribution < 1.29 is 67.6 Å². The normalized spacial score (nSPS) is 8.92. The first-order valence-electron chi connectivity index (χ1n) is 5.52. The van der Waals surface area contributed by atoms with Gasteiger partial charge in [-0.05, 0) is 0 Å². The number of hydrogen-bond donors (Lipinski definition) is 4. The average molecular weight is 407 g/mol. The summed E-state index contributed by atoms with van der Waals surface area (Å²) in [6.45, 7) is -2.25. The Balaban J connectivity index is -0.000000301. The van der Waals surface area contributed by atoms with Crippen LogP contribution >= 0.6 is 0 Å². The summed E-state index contributed by atoms with van der Waals surface area (Å²) < 4.78 is 0. The van der Waals surface area contributed by atoms with Crippen molar-refractivity contribution in [3.05, 3.63) is 0 Å². The van der Waals surface area contributed by atoms with Gasteiger partial charge in [0.05, 0.1) is 26.2 Å². The van der Waals surface area contributed by atoms with Crippen LogP contribution < -0.4 is 0 Å². The number of nitrogens with zero attached hydrogens (tertiary/aromatic N) is 2. The third-order valence-corrected chi connectivity index (χ3v) is 2.17. The van der Waals surface area contributed by atoms with Crippen LogP contribution in [0.3, 0.4) is 0 Å². The van der Waals surface area contributed by atoms with Gasteiger partial charge in [0.15, 0.2) is 0 Å². The number of carboxylic acid groups (broad SMARTS) is 4. The van der Waals surface area contributed by atoms with E-state index < -0.39 is 50.1 Å². The van der Waals surface area contributed by atoms with E-state index in [9.17, 15) is 19.2 Å². The predicted octanol–water partition coefficient (Wildman–Crippen LogP) is -4.10. The molecule has 0 aromatic carbocycles. The Morgan fingerprint density at radius 2 is 0.750 bits per heavy atom. The molecule has 0 heterocycles. The van der Waals surface area contributed by atoms with Crippen molar-refractivity contribution in [3.63, 3.8) is 0 Å². The quantitative estimate of drug-likeness (QED) is 0.242. The minimum Gasteiger partial charge on any atom is -0.480 e. The molecule has 139 valence electrons. The van der Waals surface area contributed by atoms with Crippen LogP contribution in [0.25, 0.3) is 0 Å². The number of rotatable bonds is 11. The second-order valence-electron chi connectivity index (χ2n) is 4.00. The van der Waals surface area contributed by atoms with E-state index in [0.29, 0.717) is 0 Å². The molecule has 0 aliphatic carbocycles. The number of carbonyl (C=O) groups is 4. The molecule has 0 rings (SSSR count). The number of carboxylic acids is 4. The molecule has 12 nitrogen and oxygen atoms in total. The zero-order chi connectivity index (χ0) is 15.7. The largest absolute Gasteiger partial charge is 0.480 e. The van der Waals surface area contributed by atoms with Crippen molar-refractivity contribution in [3.8, 4) is 0 Å². The monoisotopic (exact) mass is 407 g/mol. The molecule has 24 heavy (non-hydrogen) atoms. The summed E-state index contributed by atoms with van der Waals surface area (Å²) in [6, 6.07) is 0.